The summed E-state index contributed by atoms with van der Waals surface area (Å²) in [6.45, 7) is 3.94. The molecule has 0 spiro atoms. The molecule has 2 heterocycles. The summed E-state index contributed by atoms with van der Waals surface area (Å²) in [6.07, 6.45) is 0. The van der Waals surface area contributed by atoms with E-state index >= 15 is 0 Å². The molecule has 8 heteroatoms. The summed E-state index contributed by atoms with van der Waals surface area (Å²) in [5.74, 6) is 1.24. The molecule has 2 bridgehead atoms. The van der Waals surface area contributed by atoms with Crippen molar-refractivity contribution >= 4 is 34.6 Å². The van der Waals surface area contributed by atoms with Gasteiger partial charge in [-0.15, -0.1) is 0 Å². The molecule has 7 nitrogen and oxygen atoms in total. The third-order valence-electron chi connectivity index (χ3n) is 6.64. The standard InChI is InChI=1S/C27H27N3O4S/c1-16-5-9-18(10-6-16)30-26(35)29-24-21-15-20(33-4)13-14-22(21)34-27(30,2)23(24)25(31)28-17-7-11-19(32-3)12-8-17/h5-15,23-24H,1-4H3,(H,28,31)(H,29,35)/t23-,24+,27-/m0/s1. The predicted octanol–water partition coefficient (Wildman–Crippen LogP) is 4.81. The van der Waals surface area contributed by atoms with Crippen molar-refractivity contribution in [2.75, 3.05) is 24.4 Å². The molecule has 2 aliphatic rings. The van der Waals surface area contributed by atoms with Gasteiger partial charge in [-0.3, -0.25) is 9.69 Å². The number of hydrogen-bond acceptors (Lipinski definition) is 5. The van der Waals surface area contributed by atoms with E-state index in [-0.39, 0.29) is 5.91 Å². The van der Waals surface area contributed by atoms with E-state index in [0.29, 0.717) is 28.0 Å². The number of hydrogen-bond donors (Lipinski definition) is 2. The van der Waals surface area contributed by atoms with Gasteiger partial charge in [-0.1, -0.05) is 17.7 Å². The highest BCUT2D eigenvalue weighted by Gasteiger charge is 2.59. The summed E-state index contributed by atoms with van der Waals surface area (Å²) in [6, 6.07) is 20.4. The van der Waals surface area contributed by atoms with Crippen LogP contribution >= 0.6 is 12.2 Å². The van der Waals surface area contributed by atoms with Crippen LogP contribution in [0.2, 0.25) is 0 Å². The van der Waals surface area contributed by atoms with E-state index in [1.54, 1.807) is 14.2 Å². The molecule has 1 amide bonds. The number of carbonyl (C=O) groups is 1. The highest BCUT2D eigenvalue weighted by molar-refractivity contribution is 7.80. The number of nitrogens with zero attached hydrogens (tertiary/aromatic N) is 1. The summed E-state index contributed by atoms with van der Waals surface area (Å²) in [5, 5.41) is 6.97. The van der Waals surface area contributed by atoms with Crippen molar-refractivity contribution in [3.05, 3.63) is 77.9 Å². The second kappa shape index (κ2) is 8.78. The lowest BCUT2D eigenvalue weighted by molar-refractivity contribution is -0.130. The molecule has 2 N–H and O–H groups in total. The molecular weight excluding hydrogens is 462 g/mol. The second-order valence-electron chi connectivity index (χ2n) is 8.85. The predicted molar refractivity (Wildman–Crippen MR) is 139 cm³/mol. The van der Waals surface area contributed by atoms with Gasteiger partial charge in [0.15, 0.2) is 10.8 Å². The first kappa shape index (κ1) is 23.0. The number of anilines is 2. The van der Waals surface area contributed by atoms with Crippen LogP contribution in [0.1, 0.15) is 24.1 Å². The van der Waals surface area contributed by atoms with Gasteiger partial charge in [0.25, 0.3) is 0 Å². The van der Waals surface area contributed by atoms with Gasteiger partial charge < -0.3 is 24.8 Å². The van der Waals surface area contributed by atoms with E-state index in [4.69, 9.17) is 26.4 Å². The number of benzene rings is 3. The number of thiocarbonyl (C=S) groups is 1. The van der Waals surface area contributed by atoms with Gasteiger partial charge in [0, 0.05) is 16.9 Å². The first-order valence-electron chi connectivity index (χ1n) is 11.3. The third kappa shape index (κ3) is 3.93. The molecule has 0 saturated carbocycles. The number of carbonyl (C=O) groups excluding carboxylic acids is 1. The van der Waals surface area contributed by atoms with Crippen LogP contribution in [0.25, 0.3) is 0 Å². The summed E-state index contributed by atoms with van der Waals surface area (Å²) in [5.41, 5.74) is 2.37. The Labute approximate surface area is 210 Å². The van der Waals surface area contributed by atoms with Crippen molar-refractivity contribution in [3.63, 3.8) is 0 Å². The average Bonchev–Trinajstić information content (AvgIpc) is 2.85. The maximum atomic E-state index is 13.9. The molecule has 0 radical (unpaired) electrons. The molecule has 2 aliphatic heterocycles. The van der Waals surface area contributed by atoms with Crippen LogP contribution in [0, 0.1) is 12.8 Å². The number of fused-ring (bicyclic) bond motifs is 4. The fraction of sp³-hybridized carbons (Fsp3) is 0.259. The van der Waals surface area contributed by atoms with Crippen LogP contribution in [0.15, 0.2) is 66.7 Å². The normalized spacial score (nSPS) is 22.4. The van der Waals surface area contributed by atoms with Crippen LogP contribution < -0.4 is 29.7 Å². The van der Waals surface area contributed by atoms with Crippen molar-refractivity contribution in [1.82, 2.24) is 5.32 Å². The quantitative estimate of drug-likeness (QED) is 0.498. The summed E-state index contributed by atoms with van der Waals surface area (Å²) in [7, 11) is 3.22. The van der Waals surface area contributed by atoms with Gasteiger partial charge >= 0.3 is 0 Å². The van der Waals surface area contributed by atoms with Gasteiger partial charge in [-0.05, 0) is 80.7 Å². The van der Waals surface area contributed by atoms with Gasteiger partial charge in [0.05, 0.1) is 20.3 Å². The first-order chi connectivity index (χ1) is 16.8. The van der Waals surface area contributed by atoms with Gasteiger partial charge in [0.2, 0.25) is 5.91 Å². The van der Waals surface area contributed by atoms with Crippen molar-refractivity contribution in [3.8, 4) is 17.2 Å². The molecule has 3 atom stereocenters. The zero-order valence-corrected chi connectivity index (χ0v) is 20.8. The van der Waals surface area contributed by atoms with Crippen LogP contribution in [0.3, 0.4) is 0 Å². The van der Waals surface area contributed by atoms with Crippen LogP contribution in [-0.2, 0) is 4.79 Å². The molecule has 3 aromatic rings. The Bertz CT molecular complexity index is 1280. The smallest absolute Gasteiger partial charge is 0.236 e. The number of methoxy groups -OCH3 is 2. The molecule has 1 saturated heterocycles. The molecular formula is C27H27N3O4S. The van der Waals surface area contributed by atoms with Crippen molar-refractivity contribution in [1.29, 1.82) is 0 Å². The van der Waals surface area contributed by atoms with Crippen LogP contribution in [-0.4, -0.2) is 31.0 Å². The number of aryl methyl sites for hydroxylation is 1. The molecule has 3 aromatic carbocycles. The van der Waals surface area contributed by atoms with Crippen LogP contribution in [0.5, 0.6) is 17.2 Å². The molecule has 180 valence electrons. The fourth-order valence-corrected chi connectivity index (χ4v) is 5.28. The number of amides is 1. The monoisotopic (exact) mass is 489 g/mol. The minimum absolute atomic E-state index is 0.191. The average molecular weight is 490 g/mol. The molecule has 1 fully saturated rings. The minimum atomic E-state index is -1.08. The minimum Gasteiger partial charge on any atom is -0.497 e. The Morgan fingerprint density at radius 2 is 1.69 bits per heavy atom. The summed E-state index contributed by atoms with van der Waals surface area (Å²) in [4.78, 5) is 15.8. The Kier molecular flexibility index (Phi) is 5.76. The lowest BCUT2D eigenvalue weighted by Gasteiger charge is -2.56. The topological polar surface area (TPSA) is 72.1 Å². The van der Waals surface area contributed by atoms with Crippen molar-refractivity contribution < 1.29 is 19.0 Å². The molecule has 0 aliphatic carbocycles. The molecule has 0 unspecified atom stereocenters. The number of nitrogens with one attached hydrogen (secondary N) is 2. The first-order valence-corrected chi connectivity index (χ1v) is 11.7. The number of ether oxygens (including phenoxy) is 3. The maximum absolute atomic E-state index is 13.9. The number of rotatable bonds is 5. The Hall–Kier alpha value is -3.78. The van der Waals surface area contributed by atoms with E-state index in [1.165, 1.54) is 0 Å². The van der Waals surface area contributed by atoms with Crippen molar-refractivity contribution in [2.45, 2.75) is 25.6 Å². The van der Waals surface area contributed by atoms with E-state index in [9.17, 15) is 4.79 Å². The summed E-state index contributed by atoms with van der Waals surface area (Å²) < 4.78 is 17.3. The molecule has 0 aromatic heterocycles. The molecule has 35 heavy (non-hydrogen) atoms. The summed E-state index contributed by atoms with van der Waals surface area (Å²) >= 11 is 5.81. The van der Waals surface area contributed by atoms with Crippen molar-refractivity contribution in [2.24, 2.45) is 5.92 Å². The van der Waals surface area contributed by atoms with E-state index in [1.807, 2.05) is 85.5 Å². The maximum Gasteiger partial charge on any atom is 0.236 e. The van der Waals surface area contributed by atoms with Gasteiger partial charge in [-0.25, -0.2) is 0 Å². The van der Waals surface area contributed by atoms with Gasteiger partial charge in [0.1, 0.15) is 23.2 Å². The fourth-order valence-electron chi connectivity index (χ4n) is 4.87. The highest BCUT2D eigenvalue weighted by Crippen LogP contribution is 2.50. The zero-order valence-electron chi connectivity index (χ0n) is 20.0. The Balaban J connectivity index is 1.60. The highest BCUT2D eigenvalue weighted by atomic mass is 32.1. The van der Waals surface area contributed by atoms with E-state index < -0.39 is 17.7 Å². The van der Waals surface area contributed by atoms with E-state index in [0.717, 1.165) is 16.8 Å². The van der Waals surface area contributed by atoms with E-state index in [2.05, 4.69) is 10.6 Å². The Morgan fingerprint density at radius 3 is 2.34 bits per heavy atom. The molecule has 5 rings (SSSR count). The largest absolute Gasteiger partial charge is 0.497 e. The van der Waals surface area contributed by atoms with Gasteiger partial charge in [-0.2, -0.15) is 0 Å². The third-order valence-corrected chi connectivity index (χ3v) is 6.94. The Morgan fingerprint density at radius 1 is 1.03 bits per heavy atom. The zero-order chi connectivity index (χ0) is 24.7. The lowest BCUT2D eigenvalue weighted by Crippen LogP contribution is -2.72. The van der Waals surface area contributed by atoms with Crippen LogP contribution in [0.4, 0.5) is 11.4 Å². The second-order valence-corrected chi connectivity index (χ2v) is 9.24. The SMILES string of the molecule is COc1ccc(NC(=O)[C@@H]2[C@@H]3NC(=S)N(c4ccc(C)cc4)[C@@]2(C)Oc2ccc(OC)cc23)cc1. The lowest BCUT2D eigenvalue weighted by atomic mass is 9.78.